The maximum Gasteiger partial charge on any atom is 0.161 e. The molecule has 0 atom stereocenters. The third-order valence-corrected chi connectivity index (χ3v) is 4.39. The largest absolute Gasteiger partial charge is 0.493 e. The molecule has 4 nitrogen and oxygen atoms in total. The number of rotatable bonds is 8. The Kier molecular flexibility index (Phi) is 6.63. The lowest BCUT2D eigenvalue weighted by Gasteiger charge is -2.13. The zero-order valence-corrected chi connectivity index (χ0v) is 15.7. The summed E-state index contributed by atoms with van der Waals surface area (Å²) < 4.78 is 24.4. The van der Waals surface area contributed by atoms with E-state index in [-0.39, 0.29) is 12.4 Å². The van der Waals surface area contributed by atoms with E-state index in [9.17, 15) is 4.39 Å². The number of nitrogens with zero attached hydrogens (tertiary/aromatic N) is 1. The molecule has 0 amide bonds. The summed E-state index contributed by atoms with van der Waals surface area (Å²) in [7, 11) is 1.60. The molecular weight excluding hydrogens is 367 g/mol. The first-order valence-corrected chi connectivity index (χ1v) is 8.87. The van der Waals surface area contributed by atoms with Crippen LogP contribution in [0.15, 0.2) is 60.9 Å². The Hall–Kier alpha value is -2.63. The molecule has 1 heterocycles. The van der Waals surface area contributed by atoms with Gasteiger partial charge >= 0.3 is 0 Å². The van der Waals surface area contributed by atoms with E-state index in [0.29, 0.717) is 28.6 Å². The second-order valence-corrected chi connectivity index (χ2v) is 6.38. The van der Waals surface area contributed by atoms with E-state index in [4.69, 9.17) is 21.1 Å². The topological polar surface area (TPSA) is 43.4 Å². The minimum absolute atomic E-state index is 0.231. The normalized spacial score (nSPS) is 10.6. The zero-order valence-electron chi connectivity index (χ0n) is 14.9. The van der Waals surface area contributed by atoms with Crippen molar-refractivity contribution in [2.45, 2.75) is 19.7 Å². The summed E-state index contributed by atoms with van der Waals surface area (Å²) in [5, 5.41) is 3.72. The maximum absolute atomic E-state index is 13.1. The highest BCUT2D eigenvalue weighted by Gasteiger charge is 2.08. The number of nitrogens with one attached hydrogen (secondary N) is 1. The van der Waals surface area contributed by atoms with Gasteiger partial charge in [0, 0.05) is 31.0 Å². The maximum atomic E-state index is 13.1. The second kappa shape index (κ2) is 9.35. The van der Waals surface area contributed by atoms with Crippen LogP contribution in [-0.2, 0) is 19.7 Å². The highest BCUT2D eigenvalue weighted by Crippen LogP contribution is 2.29. The average molecular weight is 387 g/mol. The van der Waals surface area contributed by atoms with E-state index in [0.717, 1.165) is 12.1 Å². The first-order valence-electron chi connectivity index (χ1n) is 8.49. The van der Waals surface area contributed by atoms with Gasteiger partial charge in [-0.15, -0.1) is 0 Å². The molecule has 0 aliphatic carbocycles. The Morgan fingerprint density at radius 3 is 2.48 bits per heavy atom. The molecule has 0 radical (unpaired) electrons. The van der Waals surface area contributed by atoms with E-state index in [2.05, 4.69) is 10.3 Å². The fourth-order valence-electron chi connectivity index (χ4n) is 2.59. The lowest BCUT2D eigenvalue weighted by atomic mass is 10.2. The van der Waals surface area contributed by atoms with Crippen LogP contribution in [0.25, 0.3) is 0 Å². The summed E-state index contributed by atoms with van der Waals surface area (Å²) in [5.41, 5.74) is 2.96. The monoisotopic (exact) mass is 386 g/mol. The molecule has 0 aliphatic heterocycles. The Morgan fingerprint density at radius 2 is 1.74 bits per heavy atom. The third kappa shape index (κ3) is 5.42. The van der Waals surface area contributed by atoms with Crippen molar-refractivity contribution in [3.05, 3.63) is 88.5 Å². The van der Waals surface area contributed by atoms with Crippen LogP contribution < -0.4 is 14.8 Å². The summed E-state index contributed by atoms with van der Waals surface area (Å²) in [6, 6.07) is 14.0. The Morgan fingerprint density at radius 1 is 0.963 bits per heavy atom. The van der Waals surface area contributed by atoms with E-state index in [1.54, 1.807) is 25.6 Å². The van der Waals surface area contributed by atoms with Gasteiger partial charge in [-0.1, -0.05) is 23.7 Å². The molecule has 1 N–H and O–H groups in total. The number of ether oxygens (including phenoxy) is 2. The summed E-state index contributed by atoms with van der Waals surface area (Å²) in [6.45, 7) is 1.68. The number of benzene rings is 2. The highest BCUT2D eigenvalue weighted by atomic mass is 35.5. The standard InChI is InChI=1S/C21H20ClFN2O2/c1-26-21-10-16(13-25-12-15-6-8-24-9-7-15)2-5-20(21)27-14-17-3-4-18(23)11-19(17)22/h2-11,25H,12-14H2,1H3. The van der Waals surface area contributed by atoms with Gasteiger partial charge in [-0.3, -0.25) is 4.98 Å². The summed E-state index contributed by atoms with van der Waals surface area (Å²) >= 11 is 6.04. The number of pyridine rings is 1. The minimum Gasteiger partial charge on any atom is -0.493 e. The summed E-state index contributed by atoms with van der Waals surface area (Å²) in [6.07, 6.45) is 3.55. The van der Waals surface area contributed by atoms with Crippen molar-refractivity contribution in [1.82, 2.24) is 10.3 Å². The lowest BCUT2D eigenvalue weighted by Crippen LogP contribution is -2.12. The number of methoxy groups -OCH3 is 1. The van der Waals surface area contributed by atoms with Crippen molar-refractivity contribution in [3.63, 3.8) is 0 Å². The van der Waals surface area contributed by atoms with Crippen molar-refractivity contribution in [2.75, 3.05) is 7.11 Å². The Balaban J connectivity index is 1.60. The van der Waals surface area contributed by atoms with Crippen LogP contribution in [0.1, 0.15) is 16.7 Å². The fourth-order valence-corrected chi connectivity index (χ4v) is 2.81. The van der Waals surface area contributed by atoms with E-state index >= 15 is 0 Å². The molecule has 140 valence electrons. The molecule has 0 saturated carbocycles. The average Bonchev–Trinajstić information content (AvgIpc) is 2.68. The smallest absolute Gasteiger partial charge is 0.161 e. The van der Waals surface area contributed by atoms with Crippen molar-refractivity contribution >= 4 is 11.6 Å². The Labute approximate surface area is 162 Å². The van der Waals surface area contributed by atoms with Crippen LogP contribution in [0.3, 0.4) is 0 Å². The molecule has 0 fully saturated rings. The number of hydrogen-bond donors (Lipinski definition) is 1. The Bertz CT molecular complexity index is 891. The molecule has 0 unspecified atom stereocenters. The molecular formula is C21H20ClFN2O2. The van der Waals surface area contributed by atoms with Crippen molar-refractivity contribution < 1.29 is 13.9 Å². The van der Waals surface area contributed by atoms with E-state index < -0.39 is 0 Å². The highest BCUT2D eigenvalue weighted by molar-refractivity contribution is 6.31. The quantitative estimate of drug-likeness (QED) is 0.606. The SMILES string of the molecule is COc1cc(CNCc2ccncc2)ccc1OCc1ccc(F)cc1Cl. The molecule has 6 heteroatoms. The van der Waals surface area contributed by atoms with Gasteiger partial charge in [0.1, 0.15) is 12.4 Å². The van der Waals surface area contributed by atoms with Crippen LogP contribution in [0.5, 0.6) is 11.5 Å². The molecule has 0 spiro atoms. The van der Waals surface area contributed by atoms with Crippen LogP contribution >= 0.6 is 11.6 Å². The molecule has 0 bridgehead atoms. The number of hydrogen-bond acceptors (Lipinski definition) is 4. The van der Waals surface area contributed by atoms with Gasteiger partial charge in [0.15, 0.2) is 11.5 Å². The number of halogens is 2. The second-order valence-electron chi connectivity index (χ2n) is 5.97. The minimum atomic E-state index is -0.370. The molecule has 27 heavy (non-hydrogen) atoms. The lowest BCUT2D eigenvalue weighted by molar-refractivity contribution is 0.284. The predicted octanol–water partition coefficient (Wildman–Crippen LogP) is 4.75. The van der Waals surface area contributed by atoms with Gasteiger partial charge in [0.2, 0.25) is 0 Å². The number of aromatic nitrogens is 1. The summed E-state index contributed by atoms with van der Waals surface area (Å²) in [5.74, 6) is 0.872. The van der Waals surface area contributed by atoms with Crippen molar-refractivity contribution in [1.29, 1.82) is 0 Å². The van der Waals surface area contributed by atoms with Crippen LogP contribution in [0, 0.1) is 5.82 Å². The van der Waals surface area contributed by atoms with E-state index in [1.807, 2.05) is 30.3 Å². The van der Waals surface area contributed by atoms with Gasteiger partial charge in [-0.25, -0.2) is 4.39 Å². The van der Waals surface area contributed by atoms with Gasteiger partial charge in [-0.2, -0.15) is 0 Å². The molecule has 0 saturated heterocycles. The first kappa shape index (κ1) is 19.1. The van der Waals surface area contributed by atoms with Crippen LogP contribution in [-0.4, -0.2) is 12.1 Å². The summed E-state index contributed by atoms with van der Waals surface area (Å²) in [4.78, 5) is 4.01. The van der Waals surface area contributed by atoms with E-state index in [1.165, 1.54) is 17.7 Å². The molecule has 3 aromatic rings. The van der Waals surface area contributed by atoms with Crippen molar-refractivity contribution in [3.8, 4) is 11.5 Å². The van der Waals surface area contributed by atoms with Crippen LogP contribution in [0.4, 0.5) is 4.39 Å². The van der Waals surface area contributed by atoms with Crippen LogP contribution in [0.2, 0.25) is 5.02 Å². The van der Waals surface area contributed by atoms with Gasteiger partial charge in [0.05, 0.1) is 12.1 Å². The van der Waals surface area contributed by atoms with Gasteiger partial charge < -0.3 is 14.8 Å². The molecule has 1 aromatic heterocycles. The fraction of sp³-hybridized carbons (Fsp3) is 0.190. The zero-order chi connectivity index (χ0) is 19.1. The first-order chi connectivity index (χ1) is 13.2. The third-order valence-electron chi connectivity index (χ3n) is 4.03. The molecule has 2 aromatic carbocycles. The van der Waals surface area contributed by atoms with Gasteiger partial charge in [0.25, 0.3) is 0 Å². The van der Waals surface area contributed by atoms with Gasteiger partial charge in [-0.05, 0) is 47.5 Å². The predicted molar refractivity (Wildman–Crippen MR) is 104 cm³/mol. The van der Waals surface area contributed by atoms with Crippen molar-refractivity contribution in [2.24, 2.45) is 0 Å². The molecule has 3 rings (SSSR count). The molecule has 0 aliphatic rings.